The summed E-state index contributed by atoms with van der Waals surface area (Å²) in [6.45, 7) is 0. The van der Waals surface area contributed by atoms with Gasteiger partial charge in [-0.1, -0.05) is 11.6 Å². The lowest BCUT2D eigenvalue weighted by atomic mass is 10.1. The molecule has 1 aliphatic carbocycles. The van der Waals surface area contributed by atoms with Crippen LogP contribution in [0, 0.1) is 11.3 Å². The highest BCUT2D eigenvalue weighted by atomic mass is 35.5. The van der Waals surface area contributed by atoms with E-state index < -0.39 is 0 Å². The molecule has 1 aliphatic rings. The molecule has 2 aromatic heterocycles. The van der Waals surface area contributed by atoms with Gasteiger partial charge in [-0.15, -0.1) is 22.7 Å². The third-order valence-electron chi connectivity index (χ3n) is 2.70. The summed E-state index contributed by atoms with van der Waals surface area (Å²) in [6, 6.07) is 6.21. The molecule has 0 bridgehead atoms. The molecular weight excluding hydrogens is 260 g/mol. The van der Waals surface area contributed by atoms with Gasteiger partial charge in [-0.25, -0.2) is 4.98 Å². The number of hydrogen-bond donors (Lipinski definition) is 0. The molecule has 0 saturated heterocycles. The Morgan fingerprint density at radius 1 is 1.44 bits per heavy atom. The van der Waals surface area contributed by atoms with Crippen molar-refractivity contribution in [1.29, 1.82) is 5.26 Å². The fraction of sp³-hybridized carbons (Fsp3) is 0.273. The van der Waals surface area contributed by atoms with Gasteiger partial charge in [0.05, 0.1) is 21.0 Å². The average Bonchev–Trinajstić information content (AvgIpc) is 2.74. The molecule has 2 aromatic rings. The number of thiophene rings is 1. The molecule has 2 nitrogen and oxygen atoms in total. The summed E-state index contributed by atoms with van der Waals surface area (Å²) in [5.74, 6) is 0. The molecule has 0 spiro atoms. The van der Waals surface area contributed by atoms with Crippen LogP contribution in [0.1, 0.15) is 17.8 Å². The first-order valence-electron chi connectivity index (χ1n) is 4.86. The fourth-order valence-corrected chi connectivity index (χ4v) is 3.66. The number of halogens is 1. The molecule has 2 heterocycles. The van der Waals surface area contributed by atoms with E-state index in [0.29, 0.717) is 0 Å². The summed E-state index contributed by atoms with van der Waals surface area (Å²) in [6.07, 6.45) is 1.89. The third kappa shape index (κ3) is 1.56. The molecule has 0 aliphatic heterocycles. The second-order valence-electron chi connectivity index (χ2n) is 3.84. The van der Waals surface area contributed by atoms with Gasteiger partial charge < -0.3 is 0 Å². The quantitative estimate of drug-likeness (QED) is 0.821. The minimum atomic E-state index is -0.274. The van der Waals surface area contributed by atoms with Crippen molar-refractivity contribution in [3.8, 4) is 16.6 Å². The summed E-state index contributed by atoms with van der Waals surface area (Å²) in [5.41, 5.74) is 0.669. The maximum Gasteiger partial charge on any atom is 0.114 e. The minimum Gasteiger partial charge on any atom is -0.239 e. The van der Waals surface area contributed by atoms with Gasteiger partial charge in [0.1, 0.15) is 10.4 Å². The van der Waals surface area contributed by atoms with E-state index in [0.717, 1.165) is 32.8 Å². The highest BCUT2D eigenvalue weighted by Crippen LogP contribution is 2.49. The molecular formula is C11H7ClN2S2. The summed E-state index contributed by atoms with van der Waals surface area (Å²) in [7, 11) is 0. The second kappa shape index (κ2) is 3.56. The van der Waals surface area contributed by atoms with Crippen LogP contribution in [-0.2, 0) is 5.41 Å². The van der Waals surface area contributed by atoms with Crippen molar-refractivity contribution in [2.24, 2.45) is 0 Å². The van der Waals surface area contributed by atoms with Crippen molar-refractivity contribution in [3.05, 3.63) is 26.9 Å². The van der Waals surface area contributed by atoms with Gasteiger partial charge in [0, 0.05) is 5.38 Å². The summed E-state index contributed by atoms with van der Waals surface area (Å²) in [5, 5.41) is 12.1. The Hall–Kier alpha value is -0.890. The largest absolute Gasteiger partial charge is 0.239 e. The molecule has 5 heteroatoms. The molecule has 0 atom stereocenters. The molecule has 0 N–H and O–H groups in total. The first-order valence-corrected chi connectivity index (χ1v) is 6.94. The minimum absolute atomic E-state index is 0.274. The van der Waals surface area contributed by atoms with E-state index in [1.54, 1.807) is 11.3 Å². The smallest absolute Gasteiger partial charge is 0.114 e. The number of nitrogens with zero attached hydrogens (tertiary/aromatic N) is 2. The van der Waals surface area contributed by atoms with Crippen LogP contribution in [0.3, 0.4) is 0 Å². The third-order valence-corrected chi connectivity index (χ3v) is 5.00. The number of hydrogen-bond acceptors (Lipinski definition) is 4. The average molecular weight is 267 g/mol. The van der Waals surface area contributed by atoms with Crippen LogP contribution < -0.4 is 0 Å². The van der Waals surface area contributed by atoms with E-state index >= 15 is 0 Å². The van der Waals surface area contributed by atoms with Crippen LogP contribution in [0.25, 0.3) is 10.6 Å². The van der Waals surface area contributed by atoms with E-state index in [1.807, 2.05) is 17.5 Å². The fourth-order valence-electron chi connectivity index (χ4n) is 1.56. The van der Waals surface area contributed by atoms with E-state index in [-0.39, 0.29) is 5.41 Å². The topological polar surface area (TPSA) is 36.7 Å². The van der Waals surface area contributed by atoms with Gasteiger partial charge in [0.25, 0.3) is 0 Å². The second-order valence-corrected chi connectivity index (χ2v) is 6.41. The SMILES string of the molecule is N#CC1(c2nc(-c3ccc(Cl)s3)cs2)CC1. The van der Waals surface area contributed by atoms with Crippen molar-refractivity contribution in [3.63, 3.8) is 0 Å². The number of nitriles is 1. The van der Waals surface area contributed by atoms with Crippen molar-refractivity contribution in [2.45, 2.75) is 18.3 Å². The number of aromatic nitrogens is 1. The van der Waals surface area contributed by atoms with E-state index in [9.17, 15) is 0 Å². The molecule has 16 heavy (non-hydrogen) atoms. The Morgan fingerprint density at radius 3 is 2.81 bits per heavy atom. The van der Waals surface area contributed by atoms with Crippen molar-refractivity contribution in [1.82, 2.24) is 4.98 Å². The Morgan fingerprint density at radius 2 is 2.25 bits per heavy atom. The maximum absolute atomic E-state index is 9.09. The lowest BCUT2D eigenvalue weighted by Crippen LogP contribution is -2.00. The first kappa shape index (κ1) is 10.3. The summed E-state index contributed by atoms with van der Waals surface area (Å²) in [4.78, 5) is 5.62. The molecule has 1 saturated carbocycles. The van der Waals surface area contributed by atoms with Crippen LogP contribution in [-0.4, -0.2) is 4.98 Å². The molecule has 3 rings (SSSR count). The van der Waals surface area contributed by atoms with Gasteiger partial charge in [-0.3, -0.25) is 0 Å². The first-order chi connectivity index (χ1) is 7.73. The van der Waals surface area contributed by atoms with Gasteiger partial charge in [0.2, 0.25) is 0 Å². The van der Waals surface area contributed by atoms with Crippen LogP contribution in [0.4, 0.5) is 0 Å². The van der Waals surface area contributed by atoms with E-state index in [2.05, 4.69) is 11.1 Å². The van der Waals surface area contributed by atoms with Gasteiger partial charge >= 0.3 is 0 Å². The van der Waals surface area contributed by atoms with Crippen molar-refractivity contribution >= 4 is 34.3 Å². The number of thiazole rings is 1. The standard InChI is InChI=1S/C11H7ClN2S2/c12-9-2-1-8(16-9)7-5-15-10(14-7)11(6-13)3-4-11/h1-2,5H,3-4H2. The van der Waals surface area contributed by atoms with Crippen LogP contribution in [0.15, 0.2) is 17.5 Å². The van der Waals surface area contributed by atoms with Crippen molar-refractivity contribution in [2.75, 3.05) is 0 Å². The normalized spacial score (nSPS) is 17.0. The molecule has 0 aromatic carbocycles. The Balaban J connectivity index is 1.97. The lowest BCUT2D eigenvalue weighted by molar-refractivity contribution is 0.892. The van der Waals surface area contributed by atoms with E-state index in [1.165, 1.54) is 11.3 Å². The van der Waals surface area contributed by atoms with Crippen LogP contribution in [0.2, 0.25) is 4.34 Å². The monoisotopic (exact) mass is 266 g/mol. The van der Waals surface area contributed by atoms with Gasteiger partial charge in [-0.05, 0) is 25.0 Å². The van der Waals surface area contributed by atoms with Gasteiger partial charge in [0.15, 0.2) is 0 Å². The molecule has 1 fully saturated rings. The molecule has 0 amide bonds. The Bertz CT molecular complexity index is 575. The zero-order valence-electron chi connectivity index (χ0n) is 8.24. The maximum atomic E-state index is 9.09. The van der Waals surface area contributed by atoms with E-state index in [4.69, 9.17) is 16.9 Å². The van der Waals surface area contributed by atoms with Crippen LogP contribution in [0.5, 0.6) is 0 Å². The Kier molecular flexibility index (Phi) is 2.28. The Labute approximate surface area is 106 Å². The van der Waals surface area contributed by atoms with Gasteiger partial charge in [-0.2, -0.15) is 5.26 Å². The summed E-state index contributed by atoms with van der Waals surface area (Å²) >= 11 is 8.99. The highest BCUT2D eigenvalue weighted by Gasteiger charge is 2.47. The predicted octanol–water partition coefficient (Wildman–Crippen LogP) is 4.08. The molecule has 0 radical (unpaired) electrons. The highest BCUT2D eigenvalue weighted by molar-refractivity contribution is 7.19. The van der Waals surface area contributed by atoms with Crippen molar-refractivity contribution < 1.29 is 0 Å². The van der Waals surface area contributed by atoms with Crippen LogP contribution >= 0.6 is 34.3 Å². The molecule has 80 valence electrons. The zero-order chi connectivity index (χ0) is 11.2. The zero-order valence-corrected chi connectivity index (χ0v) is 10.6. The summed E-state index contributed by atoms with van der Waals surface area (Å²) < 4.78 is 0.769. The lowest BCUT2D eigenvalue weighted by Gasteiger charge is -1.97. The number of rotatable bonds is 2. The predicted molar refractivity (Wildman–Crippen MR) is 67.0 cm³/mol. The molecule has 0 unspecified atom stereocenters.